The van der Waals surface area contributed by atoms with Gasteiger partial charge in [0.1, 0.15) is 4.90 Å². The van der Waals surface area contributed by atoms with E-state index in [2.05, 4.69) is 4.72 Å². The molecule has 0 aliphatic heterocycles. The zero-order chi connectivity index (χ0) is 15.8. The summed E-state index contributed by atoms with van der Waals surface area (Å²) in [4.78, 5) is -0.983. The molecule has 0 heterocycles. The van der Waals surface area contributed by atoms with Crippen LogP contribution in [0.25, 0.3) is 0 Å². The predicted octanol–water partition coefficient (Wildman–Crippen LogP) is 2.80. The lowest BCUT2D eigenvalue weighted by Gasteiger charge is -2.12. The topological polar surface area (TPSA) is 72.2 Å². The van der Waals surface area contributed by atoms with Crippen LogP contribution in [-0.2, 0) is 10.0 Å². The normalized spacial score (nSPS) is 11.4. The summed E-state index contributed by atoms with van der Waals surface area (Å²) in [6.07, 6.45) is 0. The third-order valence-corrected chi connectivity index (χ3v) is 4.29. The van der Waals surface area contributed by atoms with E-state index in [-0.39, 0.29) is 5.69 Å². The van der Waals surface area contributed by atoms with E-state index >= 15 is 0 Å². The summed E-state index contributed by atoms with van der Waals surface area (Å²) < 4.78 is 65.8. The molecule has 0 saturated carbocycles. The van der Waals surface area contributed by atoms with E-state index < -0.39 is 32.4 Å². The summed E-state index contributed by atoms with van der Waals surface area (Å²) in [7, 11) is -4.41. The van der Waals surface area contributed by atoms with Crippen molar-refractivity contribution in [3.63, 3.8) is 0 Å². The smallest absolute Gasteiger partial charge is 0.264 e. The first-order valence-corrected chi connectivity index (χ1v) is 7.24. The van der Waals surface area contributed by atoms with Crippen LogP contribution in [0.4, 0.5) is 24.5 Å². The minimum Gasteiger partial charge on any atom is -0.398 e. The Hall–Kier alpha value is -2.22. The number of nitrogen functional groups attached to an aromatic ring is 1. The molecule has 0 aliphatic rings. The fraction of sp³-hybridized carbons (Fsp3) is 0.0769. The van der Waals surface area contributed by atoms with Crippen molar-refractivity contribution >= 4 is 21.4 Å². The molecule has 0 unspecified atom stereocenters. The molecule has 4 nitrogen and oxygen atoms in total. The van der Waals surface area contributed by atoms with Crippen LogP contribution in [-0.4, -0.2) is 8.42 Å². The van der Waals surface area contributed by atoms with E-state index in [0.29, 0.717) is 23.4 Å². The third-order valence-electron chi connectivity index (χ3n) is 2.91. The van der Waals surface area contributed by atoms with Crippen molar-refractivity contribution in [1.82, 2.24) is 0 Å². The van der Waals surface area contributed by atoms with Gasteiger partial charge in [0.15, 0.2) is 17.5 Å². The van der Waals surface area contributed by atoms with Gasteiger partial charge in [-0.1, -0.05) is 6.07 Å². The zero-order valence-electron chi connectivity index (χ0n) is 10.8. The fourth-order valence-electron chi connectivity index (χ4n) is 1.68. The molecule has 0 fully saturated rings. The maximum absolute atomic E-state index is 13.6. The molecule has 0 saturated heterocycles. The van der Waals surface area contributed by atoms with E-state index in [1.54, 1.807) is 13.0 Å². The van der Waals surface area contributed by atoms with Crippen molar-refractivity contribution in [1.29, 1.82) is 0 Å². The average Bonchev–Trinajstić information content (AvgIpc) is 2.41. The van der Waals surface area contributed by atoms with Gasteiger partial charge in [0, 0.05) is 5.69 Å². The van der Waals surface area contributed by atoms with Gasteiger partial charge in [0.05, 0.1) is 5.69 Å². The molecule has 0 bridgehead atoms. The Morgan fingerprint density at radius 1 is 1.05 bits per heavy atom. The van der Waals surface area contributed by atoms with E-state index in [1.165, 1.54) is 12.1 Å². The molecule has 2 rings (SSSR count). The number of rotatable bonds is 3. The van der Waals surface area contributed by atoms with Crippen molar-refractivity contribution in [2.75, 3.05) is 10.5 Å². The van der Waals surface area contributed by atoms with Gasteiger partial charge in [-0.15, -0.1) is 0 Å². The molecular weight excluding hydrogens is 305 g/mol. The summed E-state index contributed by atoms with van der Waals surface area (Å²) in [6, 6.07) is 5.67. The number of nitrogens with two attached hydrogens (primary N) is 1. The first-order valence-electron chi connectivity index (χ1n) is 5.75. The number of hydrogen-bond donors (Lipinski definition) is 2. The van der Waals surface area contributed by atoms with E-state index in [1.807, 2.05) is 0 Å². The Kier molecular flexibility index (Phi) is 3.82. The molecule has 3 N–H and O–H groups in total. The van der Waals surface area contributed by atoms with Crippen LogP contribution < -0.4 is 10.5 Å². The molecule has 0 atom stereocenters. The number of nitrogens with one attached hydrogen (secondary N) is 1. The van der Waals surface area contributed by atoms with Crippen molar-refractivity contribution in [2.45, 2.75) is 11.8 Å². The fourth-order valence-corrected chi connectivity index (χ4v) is 2.87. The van der Waals surface area contributed by atoms with Crippen LogP contribution in [0.2, 0.25) is 0 Å². The number of benzene rings is 2. The van der Waals surface area contributed by atoms with Gasteiger partial charge in [0.25, 0.3) is 10.0 Å². The molecule has 21 heavy (non-hydrogen) atoms. The second-order valence-electron chi connectivity index (χ2n) is 4.30. The summed E-state index contributed by atoms with van der Waals surface area (Å²) in [5, 5.41) is 0. The summed E-state index contributed by atoms with van der Waals surface area (Å²) >= 11 is 0. The summed E-state index contributed by atoms with van der Waals surface area (Å²) in [5.41, 5.74) is 6.53. The van der Waals surface area contributed by atoms with Crippen molar-refractivity contribution in [3.8, 4) is 0 Å². The molecule has 0 spiro atoms. The highest BCUT2D eigenvalue weighted by Crippen LogP contribution is 2.26. The third kappa shape index (κ3) is 2.80. The molecule has 2 aromatic carbocycles. The van der Waals surface area contributed by atoms with Gasteiger partial charge < -0.3 is 5.73 Å². The molecule has 0 amide bonds. The monoisotopic (exact) mass is 316 g/mol. The number of sulfonamides is 1. The molecule has 0 radical (unpaired) electrons. The van der Waals surface area contributed by atoms with Crippen LogP contribution in [0.3, 0.4) is 0 Å². The van der Waals surface area contributed by atoms with Gasteiger partial charge in [-0.2, -0.15) is 0 Å². The Morgan fingerprint density at radius 2 is 1.71 bits per heavy atom. The SMILES string of the molecule is Cc1c(N)cccc1NS(=O)(=O)c1ccc(F)c(F)c1F. The van der Waals surface area contributed by atoms with Crippen molar-refractivity contribution < 1.29 is 21.6 Å². The summed E-state index contributed by atoms with van der Waals surface area (Å²) in [5.74, 6) is -5.09. The number of anilines is 2. The van der Waals surface area contributed by atoms with E-state index in [0.717, 1.165) is 0 Å². The highest BCUT2D eigenvalue weighted by atomic mass is 32.2. The Labute approximate surface area is 119 Å². The Balaban J connectivity index is 2.49. The van der Waals surface area contributed by atoms with Crippen LogP contribution in [0.1, 0.15) is 5.56 Å². The van der Waals surface area contributed by atoms with Gasteiger partial charge in [-0.05, 0) is 36.8 Å². The Bertz CT molecular complexity index is 807. The van der Waals surface area contributed by atoms with Crippen molar-refractivity contribution in [2.24, 2.45) is 0 Å². The predicted molar refractivity (Wildman–Crippen MR) is 72.7 cm³/mol. The first-order chi connectivity index (χ1) is 9.74. The molecule has 112 valence electrons. The van der Waals surface area contributed by atoms with E-state index in [4.69, 9.17) is 5.73 Å². The second-order valence-corrected chi connectivity index (χ2v) is 5.95. The average molecular weight is 316 g/mol. The maximum atomic E-state index is 13.6. The van der Waals surface area contributed by atoms with Gasteiger partial charge >= 0.3 is 0 Å². The van der Waals surface area contributed by atoms with Crippen LogP contribution >= 0.6 is 0 Å². The lowest BCUT2D eigenvalue weighted by Crippen LogP contribution is -2.16. The minimum atomic E-state index is -4.41. The van der Waals surface area contributed by atoms with Crippen molar-refractivity contribution in [3.05, 3.63) is 53.3 Å². The van der Waals surface area contributed by atoms with Gasteiger partial charge in [0.2, 0.25) is 0 Å². The number of halogens is 3. The lowest BCUT2D eigenvalue weighted by atomic mass is 10.2. The Morgan fingerprint density at radius 3 is 2.38 bits per heavy atom. The molecule has 8 heteroatoms. The summed E-state index contributed by atoms with van der Waals surface area (Å²) in [6.45, 7) is 1.56. The minimum absolute atomic E-state index is 0.124. The quantitative estimate of drug-likeness (QED) is 0.675. The molecule has 0 aliphatic carbocycles. The largest absolute Gasteiger partial charge is 0.398 e. The van der Waals surface area contributed by atoms with Crippen LogP contribution in [0.5, 0.6) is 0 Å². The zero-order valence-corrected chi connectivity index (χ0v) is 11.6. The highest BCUT2D eigenvalue weighted by molar-refractivity contribution is 7.92. The second kappa shape index (κ2) is 5.28. The van der Waals surface area contributed by atoms with Gasteiger partial charge in [-0.25, -0.2) is 21.6 Å². The highest BCUT2D eigenvalue weighted by Gasteiger charge is 2.24. The first kappa shape index (κ1) is 15.2. The van der Waals surface area contributed by atoms with E-state index in [9.17, 15) is 21.6 Å². The molecule has 2 aromatic rings. The van der Waals surface area contributed by atoms with Gasteiger partial charge in [-0.3, -0.25) is 4.72 Å². The maximum Gasteiger partial charge on any atom is 0.264 e. The van der Waals surface area contributed by atoms with Crippen LogP contribution in [0.15, 0.2) is 35.2 Å². The standard InChI is InChI=1S/C13H11F3N2O2S/c1-7-9(17)3-2-4-10(7)18-21(19,20)11-6-5-8(14)12(15)13(11)16/h2-6,18H,17H2,1H3. The molecule has 0 aromatic heterocycles. The molecular formula is C13H11F3N2O2S. The van der Waals surface area contributed by atoms with Crippen LogP contribution in [0, 0.1) is 24.4 Å². The number of hydrogen-bond acceptors (Lipinski definition) is 3. The lowest BCUT2D eigenvalue weighted by molar-refractivity contribution is 0.432.